The summed E-state index contributed by atoms with van der Waals surface area (Å²) in [5, 5.41) is 12.8. The average Bonchev–Trinajstić information content (AvgIpc) is 2.91. The fraction of sp³-hybridized carbons (Fsp3) is 0.412. The van der Waals surface area contributed by atoms with E-state index in [0.29, 0.717) is 24.0 Å². The molecule has 0 spiro atoms. The Labute approximate surface area is 149 Å². The van der Waals surface area contributed by atoms with E-state index in [9.17, 15) is 9.59 Å². The number of aromatic nitrogens is 6. The summed E-state index contributed by atoms with van der Waals surface area (Å²) in [6, 6.07) is 7.22. The molecule has 2 aromatic heterocycles. The van der Waals surface area contributed by atoms with Gasteiger partial charge in [0.2, 0.25) is 5.91 Å². The number of amides is 1. The Balaban J connectivity index is 1.37. The second-order valence-corrected chi connectivity index (χ2v) is 6.49. The summed E-state index contributed by atoms with van der Waals surface area (Å²) in [6.45, 7) is 5.21. The van der Waals surface area contributed by atoms with Crippen LogP contribution in [0.3, 0.4) is 0 Å². The molecular weight excluding hydrogens is 334 g/mol. The highest BCUT2D eigenvalue weighted by molar-refractivity contribution is 5.77. The van der Waals surface area contributed by atoms with Crippen molar-refractivity contribution >= 4 is 16.8 Å². The molecule has 134 valence electrons. The predicted molar refractivity (Wildman–Crippen MR) is 93.5 cm³/mol. The zero-order valence-electron chi connectivity index (χ0n) is 14.7. The van der Waals surface area contributed by atoms with Gasteiger partial charge in [-0.2, -0.15) is 5.10 Å². The first-order chi connectivity index (χ1) is 12.5. The molecule has 3 aromatic rings. The van der Waals surface area contributed by atoms with Crippen molar-refractivity contribution in [2.24, 2.45) is 0 Å². The van der Waals surface area contributed by atoms with Gasteiger partial charge >= 0.3 is 0 Å². The number of likely N-dealkylation sites (tertiary alicyclic amines) is 1. The molecule has 0 bridgehead atoms. The van der Waals surface area contributed by atoms with E-state index >= 15 is 0 Å². The summed E-state index contributed by atoms with van der Waals surface area (Å²) < 4.78 is 3.13. The van der Waals surface area contributed by atoms with Crippen LogP contribution in [0.25, 0.3) is 10.9 Å². The molecule has 1 aromatic carbocycles. The maximum atomic E-state index is 12.4. The van der Waals surface area contributed by atoms with Crippen molar-refractivity contribution in [3.63, 3.8) is 0 Å². The van der Waals surface area contributed by atoms with Crippen molar-refractivity contribution in [1.82, 2.24) is 34.7 Å². The molecule has 9 heteroatoms. The summed E-state index contributed by atoms with van der Waals surface area (Å²) in [5.74, 6) is 1.59. The minimum Gasteiger partial charge on any atom is -0.338 e. The largest absolute Gasteiger partial charge is 0.338 e. The van der Waals surface area contributed by atoms with E-state index in [4.69, 9.17) is 0 Å². The number of hydrogen-bond donors (Lipinski definition) is 0. The normalized spacial score (nSPS) is 14.6. The van der Waals surface area contributed by atoms with Gasteiger partial charge in [0.1, 0.15) is 17.2 Å². The van der Waals surface area contributed by atoms with Crippen LogP contribution in [0, 0.1) is 13.8 Å². The minimum atomic E-state index is -0.224. The third-order valence-corrected chi connectivity index (χ3v) is 4.64. The third kappa shape index (κ3) is 2.85. The quantitative estimate of drug-likeness (QED) is 0.676. The van der Waals surface area contributed by atoms with Crippen molar-refractivity contribution in [1.29, 1.82) is 0 Å². The average molecular weight is 353 g/mol. The van der Waals surface area contributed by atoms with Gasteiger partial charge in [0.15, 0.2) is 0 Å². The molecule has 1 saturated heterocycles. The first-order valence-electron chi connectivity index (χ1n) is 8.53. The number of hydrogen-bond acceptors (Lipinski definition) is 6. The van der Waals surface area contributed by atoms with Gasteiger partial charge in [-0.1, -0.05) is 17.3 Å². The van der Waals surface area contributed by atoms with E-state index in [1.165, 1.54) is 4.68 Å². The Morgan fingerprint density at radius 2 is 2.00 bits per heavy atom. The molecule has 0 atom stereocenters. The molecular formula is C17H19N7O2. The van der Waals surface area contributed by atoms with Crippen molar-refractivity contribution in [2.45, 2.75) is 32.9 Å². The van der Waals surface area contributed by atoms with Gasteiger partial charge in [-0.05, 0) is 26.0 Å². The van der Waals surface area contributed by atoms with Gasteiger partial charge in [0, 0.05) is 19.5 Å². The second kappa shape index (κ2) is 6.32. The lowest BCUT2D eigenvalue weighted by Gasteiger charge is -2.39. The second-order valence-electron chi connectivity index (χ2n) is 6.49. The summed E-state index contributed by atoms with van der Waals surface area (Å²) in [5.41, 5.74) is 0.336. The molecule has 1 aliphatic heterocycles. The van der Waals surface area contributed by atoms with E-state index < -0.39 is 0 Å². The van der Waals surface area contributed by atoms with Gasteiger partial charge in [-0.25, -0.2) is 14.3 Å². The van der Waals surface area contributed by atoms with E-state index in [2.05, 4.69) is 20.4 Å². The molecule has 0 aliphatic carbocycles. The fourth-order valence-corrected chi connectivity index (χ4v) is 3.22. The Morgan fingerprint density at radius 1 is 1.23 bits per heavy atom. The highest BCUT2D eigenvalue weighted by atomic mass is 16.2. The lowest BCUT2D eigenvalue weighted by atomic mass is 10.1. The Hall–Kier alpha value is -3.10. The van der Waals surface area contributed by atoms with Crippen LogP contribution in [0.1, 0.15) is 24.1 Å². The van der Waals surface area contributed by atoms with Crippen LogP contribution in [0.15, 0.2) is 29.1 Å². The Kier molecular flexibility index (Phi) is 3.98. The van der Waals surface area contributed by atoms with Crippen LogP contribution >= 0.6 is 0 Å². The van der Waals surface area contributed by atoms with Gasteiger partial charge in [-0.15, -0.1) is 5.10 Å². The Bertz CT molecular complexity index is 1030. The first kappa shape index (κ1) is 16.4. The van der Waals surface area contributed by atoms with Crippen LogP contribution in [0.4, 0.5) is 0 Å². The van der Waals surface area contributed by atoms with E-state index in [1.54, 1.807) is 23.1 Å². The summed E-state index contributed by atoms with van der Waals surface area (Å²) >= 11 is 0. The lowest BCUT2D eigenvalue weighted by molar-refractivity contribution is -0.137. The molecule has 3 heterocycles. The van der Waals surface area contributed by atoms with Crippen molar-refractivity contribution in [2.75, 3.05) is 13.1 Å². The smallest absolute Gasteiger partial charge is 0.277 e. The van der Waals surface area contributed by atoms with Crippen molar-refractivity contribution < 1.29 is 4.79 Å². The number of benzene rings is 1. The molecule has 1 fully saturated rings. The number of aryl methyl sites for hydroxylation is 3. The first-order valence-corrected chi connectivity index (χ1v) is 8.53. The zero-order valence-corrected chi connectivity index (χ0v) is 14.7. The predicted octanol–water partition coefficient (Wildman–Crippen LogP) is 0.473. The molecule has 0 saturated carbocycles. The number of fused-ring (bicyclic) bond motifs is 1. The number of rotatable bonds is 4. The van der Waals surface area contributed by atoms with Gasteiger partial charge < -0.3 is 4.90 Å². The van der Waals surface area contributed by atoms with Crippen LogP contribution in [-0.2, 0) is 11.3 Å². The van der Waals surface area contributed by atoms with Crippen LogP contribution in [-0.4, -0.2) is 53.7 Å². The number of carbonyl (C=O) groups excluding carboxylic acids is 1. The molecule has 0 radical (unpaired) electrons. The van der Waals surface area contributed by atoms with Crippen LogP contribution < -0.4 is 5.56 Å². The van der Waals surface area contributed by atoms with E-state index in [1.807, 2.05) is 24.6 Å². The van der Waals surface area contributed by atoms with E-state index in [-0.39, 0.29) is 30.5 Å². The zero-order chi connectivity index (χ0) is 18.3. The maximum absolute atomic E-state index is 12.4. The maximum Gasteiger partial charge on any atom is 0.277 e. The molecule has 1 amide bonds. The highest BCUT2D eigenvalue weighted by Gasteiger charge is 2.33. The van der Waals surface area contributed by atoms with E-state index in [0.717, 1.165) is 11.6 Å². The topological polar surface area (TPSA) is 98.8 Å². The fourth-order valence-electron chi connectivity index (χ4n) is 3.22. The summed E-state index contributed by atoms with van der Waals surface area (Å²) in [7, 11) is 0. The monoisotopic (exact) mass is 353 g/mol. The molecule has 0 unspecified atom stereocenters. The van der Waals surface area contributed by atoms with Gasteiger partial charge in [0.25, 0.3) is 5.56 Å². The summed E-state index contributed by atoms with van der Waals surface area (Å²) in [4.78, 5) is 30.8. The molecule has 1 aliphatic rings. The van der Waals surface area contributed by atoms with Crippen LogP contribution in [0.2, 0.25) is 0 Å². The minimum absolute atomic E-state index is 0.00222. The van der Waals surface area contributed by atoms with Gasteiger partial charge in [0.05, 0.1) is 18.0 Å². The lowest BCUT2D eigenvalue weighted by Crippen LogP contribution is -2.51. The third-order valence-electron chi connectivity index (χ3n) is 4.64. The van der Waals surface area contributed by atoms with Crippen molar-refractivity contribution in [3.05, 3.63) is 46.3 Å². The van der Waals surface area contributed by atoms with Crippen molar-refractivity contribution in [3.8, 4) is 0 Å². The summed E-state index contributed by atoms with van der Waals surface area (Å²) in [6.07, 6.45) is 0.217. The molecule has 9 nitrogen and oxygen atoms in total. The van der Waals surface area contributed by atoms with Crippen LogP contribution in [0.5, 0.6) is 0 Å². The highest BCUT2D eigenvalue weighted by Crippen LogP contribution is 2.22. The van der Waals surface area contributed by atoms with Gasteiger partial charge in [-0.3, -0.25) is 9.59 Å². The SMILES string of the molecule is Cc1nc(C)n(C2CN(C(=O)CCn3nnc4ccccc4c3=O)C2)n1. The number of nitrogens with zero attached hydrogens (tertiary/aromatic N) is 7. The Morgan fingerprint density at radius 3 is 2.73 bits per heavy atom. The number of carbonyl (C=O) groups is 1. The molecule has 0 N–H and O–H groups in total. The molecule has 26 heavy (non-hydrogen) atoms. The molecule has 4 rings (SSSR count). The standard InChI is InChI=1S/C17H19N7O2/c1-11-18-12(2)24(20-11)13-9-22(10-13)16(25)7-8-23-17(26)14-5-3-4-6-15(14)19-21-23/h3-6,13H,7-10H2,1-2H3.